The fourth-order valence-electron chi connectivity index (χ4n) is 3.28. The Hall–Kier alpha value is -1.02. The first kappa shape index (κ1) is 12.0. The first-order chi connectivity index (χ1) is 8.83. The van der Waals surface area contributed by atoms with Gasteiger partial charge in [-0.25, -0.2) is 0 Å². The zero-order valence-corrected chi connectivity index (χ0v) is 11.0. The van der Waals surface area contributed by atoms with E-state index in [9.17, 15) is 0 Å². The highest BCUT2D eigenvalue weighted by Gasteiger charge is 2.19. The smallest absolute Gasteiger partial charge is 0.119 e. The third-order valence-electron chi connectivity index (χ3n) is 4.45. The van der Waals surface area contributed by atoms with E-state index in [4.69, 9.17) is 10.5 Å². The zero-order valence-electron chi connectivity index (χ0n) is 11.0. The molecule has 0 aliphatic heterocycles. The molecule has 0 aromatic heterocycles. The Labute approximate surface area is 110 Å². The molecule has 3 rings (SSSR count). The molecule has 0 spiro atoms. The maximum absolute atomic E-state index is 6.05. The molecule has 1 atom stereocenters. The van der Waals surface area contributed by atoms with Crippen LogP contribution in [0.2, 0.25) is 0 Å². The van der Waals surface area contributed by atoms with Crippen molar-refractivity contribution in [2.75, 3.05) is 6.61 Å². The van der Waals surface area contributed by atoms with Gasteiger partial charge in [0.25, 0.3) is 0 Å². The van der Waals surface area contributed by atoms with Crippen molar-refractivity contribution in [1.29, 1.82) is 0 Å². The highest BCUT2D eigenvalue weighted by atomic mass is 16.5. The van der Waals surface area contributed by atoms with Crippen LogP contribution in [0, 0.1) is 5.92 Å². The first-order valence-corrected chi connectivity index (χ1v) is 7.34. The minimum absolute atomic E-state index is 0.243. The Bertz CT molecular complexity index is 410. The Morgan fingerprint density at radius 1 is 1.11 bits per heavy atom. The minimum Gasteiger partial charge on any atom is -0.493 e. The van der Waals surface area contributed by atoms with Crippen LogP contribution in [-0.4, -0.2) is 6.61 Å². The second kappa shape index (κ2) is 5.31. The van der Waals surface area contributed by atoms with Gasteiger partial charge in [-0.1, -0.05) is 25.3 Å². The molecule has 98 valence electrons. The lowest BCUT2D eigenvalue weighted by Crippen LogP contribution is -2.15. The molecule has 2 N–H and O–H groups in total. The van der Waals surface area contributed by atoms with E-state index in [-0.39, 0.29) is 6.04 Å². The van der Waals surface area contributed by atoms with Crippen LogP contribution in [0.15, 0.2) is 18.2 Å². The highest BCUT2D eigenvalue weighted by Crippen LogP contribution is 2.32. The van der Waals surface area contributed by atoms with Gasteiger partial charge in [0.1, 0.15) is 5.75 Å². The molecule has 0 radical (unpaired) electrons. The van der Waals surface area contributed by atoms with Crippen molar-refractivity contribution in [3.63, 3.8) is 0 Å². The summed E-state index contributed by atoms with van der Waals surface area (Å²) < 4.78 is 5.97. The van der Waals surface area contributed by atoms with Crippen LogP contribution in [0.5, 0.6) is 5.75 Å². The van der Waals surface area contributed by atoms with Crippen molar-refractivity contribution in [2.45, 2.75) is 51.0 Å². The molecular weight excluding hydrogens is 222 g/mol. The molecule has 0 amide bonds. The van der Waals surface area contributed by atoms with Gasteiger partial charge in [-0.15, -0.1) is 0 Å². The van der Waals surface area contributed by atoms with Crippen LogP contribution in [0.25, 0.3) is 0 Å². The van der Waals surface area contributed by atoms with E-state index in [2.05, 4.69) is 18.2 Å². The number of hydrogen-bond acceptors (Lipinski definition) is 2. The molecule has 1 fully saturated rings. The second-order valence-electron chi connectivity index (χ2n) is 5.82. The van der Waals surface area contributed by atoms with E-state index in [1.54, 1.807) is 0 Å². The molecule has 1 aromatic rings. The third kappa shape index (κ3) is 2.54. The molecular formula is C16H23NO. The maximum Gasteiger partial charge on any atom is 0.119 e. The number of aryl methyl sites for hydroxylation is 1. The van der Waals surface area contributed by atoms with Crippen LogP contribution in [0.1, 0.15) is 55.7 Å². The SMILES string of the molecule is NC1CCc2cc(OCC3CCCCC3)ccc21. The van der Waals surface area contributed by atoms with Crippen LogP contribution in [0.4, 0.5) is 0 Å². The van der Waals surface area contributed by atoms with Gasteiger partial charge in [-0.2, -0.15) is 0 Å². The van der Waals surface area contributed by atoms with Crippen molar-refractivity contribution in [3.8, 4) is 5.75 Å². The van der Waals surface area contributed by atoms with Gasteiger partial charge in [0, 0.05) is 6.04 Å². The van der Waals surface area contributed by atoms with Gasteiger partial charge in [0.2, 0.25) is 0 Å². The number of rotatable bonds is 3. The summed E-state index contributed by atoms with van der Waals surface area (Å²) in [6.07, 6.45) is 9.05. The van der Waals surface area contributed by atoms with E-state index in [0.717, 1.165) is 31.1 Å². The predicted octanol–water partition coefficient (Wildman–Crippen LogP) is 3.59. The monoisotopic (exact) mass is 245 g/mol. The normalized spacial score (nSPS) is 23.9. The topological polar surface area (TPSA) is 35.2 Å². The van der Waals surface area contributed by atoms with Crippen LogP contribution < -0.4 is 10.5 Å². The highest BCUT2D eigenvalue weighted by molar-refractivity contribution is 5.40. The van der Waals surface area contributed by atoms with E-state index < -0.39 is 0 Å². The van der Waals surface area contributed by atoms with Gasteiger partial charge >= 0.3 is 0 Å². The summed E-state index contributed by atoms with van der Waals surface area (Å²) in [4.78, 5) is 0. The van der Waals surface area contributed by atoms with Crippen molar-refractivity contribution in [1.82, 2.24) is 0 Å². The van der Waals surface area contributed by atoms with Gasteiger partial charge in [-0.05, 0) is 54.9 Å². The Kier molecular flexibility index (Phi) is 3.55. The van der Waals surface area contributed by atoms with Gasteiger partial charge < -0.3 is 10.5 Å². The molecule has 2 heteroatoms. The number of hydrogen-bond donors (Lipinski definition) is 1. The van der Waals surface area contributed by atoms with Crippen molar-refractivity contribution in [3.05, 3.63) is 29.3 Å². The molecule has 1 aromatic carbocycles. The van der Waals surface area contributed by atoms with Crippen molar-refractivity contribution in [2.24, 2.45) is 11.7 Å². The van der Waals surface area contributed by atoms with Crippen molar-refractivity contribution >= 4 is 0 Å². The largest absolute Gasteiger partial charge is 0.493 e. The average Bonchev–Trinajstić information content (AvgIpc) is 2.79. The number of benzene rings is 1. The van der Waals surface area contributed by atoms with Gasteiger partial charge in [0.05, 0.1) is 6.61 Å². The van der Waals surface area contributed by atoms with Gasteiger partial charge in [0.15, 0.2) is 0 Å². The van der Waals surface area contributed by atoms with E-state index in [1.165, 1.54) is 43.2 Å². The molecule has 0 bridgehead atoms. The summed E-state index contributed by atoms with van der Waals surface area (Å²) in [5.74, 6) is 1.81. The molecule has 2 aliphatic carbocycles. The Morgan fingerprint density at radius 3 is 2.78 bits per heavy atom. The van der Waals surface area contributed by atoms with Crippen LogP contribution >= 0.6 is 0 Å². The molecule has 1 unspecified atom stereocenters. The lowest BCUT2D eigenvalue weighted by atomic mass is 9.90. The minimum atomic E-state index is 0.243. The van der Waals surface area contributed by atoms with E-state index in [0.29, 0.717) is 0 Å². The van der Waals surface area contributed by atoms with E-state index in [1.807, 2.05) is 0 Å². The maximum atomic E-state index is 6.05. The fourth-order valence-corrected chi connectivity index (χ4v) is 3.28. The number of fused-ring (bicyclic) bond motifs is 1. The molecule has 1 saturated carbocycles. The first-order valence-electron chi connectivity index (χ1n) is 7.34. The summed E-state index contributed by atoms with van der Waals surface area (Å²) in [7, 11) is 0. The zero-order chi connectivity index (χ0) is 12.4. The summed E-state index contributed by atoms with van der Waals surface area (Å²) in [6, 6.07) is 6.69. The van der Waals surface area contributed by atoms with Crippen LogP contribution in [0.3, 0.4) is 0 Å². The predicted molar refractivity (Wildman–Crippen MR) is 73.8 cm³/mol. The molecule has 2 nitrogen and oxygen atoms in total. The van der Waals surface area contributed by atoms with Gasteiger partial charge in [-0.3, -0.25) is 0 Å². The lowest BCUT2D eigenvalue weighted by Gasteiger charge is -2.21. The Balaban J connectivity index is 1.60. The van der Waals surface area contributed by atoms with Crippen LogP contribution in [-0.2, 0) is 6.42 Å². The average molecular weight is 245 g/mol. The number of nitrogens with two attached hydrogens (primary N) is 1. The number of ether oxygens (including phenoxy) is 1. The summed E-state index contributed by atoms with van der Waals surface area (Å²) in [6.45, 7) is 0.894. The fraction of sp³-hybridized carbons (Fsp3) is 0.625. The third-order valence-corrected chi connectivity index (χ3v) is 4.45. The Morgan fingerprint density at radius 2 is 1.94 bits per heavy atom. The quantitative estimate of drug-likeness (QED) is 0.883. The standard InChI is InChI=1S/C16H23NO/c17-16-9-6-13-10-14(7-8-15(13)16)18-11-12-4-2-1-3-5-12/h7-8,10,12,16H,1-6,9,11,17H2. The second-order valence-corrected chi connectivity index (χ2v) is 5.82. The molecule has 0 saturated heterocycles. The van der Waals surface area contributed by atoms with E-state index >= 15 is 0 Å². The van der Waals surface area contributed by atoms with Crippen molar-refractivity contribution < 1.29 is 4.74 Å². The molecule has 0 heterocycles. The summed E-state index contributed by atoms with van der Waals surface area (Å²) in [5, 5.41) is 0. The summed E-state index contributed by atoms with van der Waals surface area (Å²) in [5.41, 5.74) is 8.76. The lowest BCUT2D eigenvalue weighted by molar-refractivity contribution is 0.208. The molecule has 2 aliphatic rings. The molecule has 18 heavy (non-hydrogen) atoms. The summed E-state index contributed by atoms with van der Waals surface area (Å²) >= 11 is 0.